The number of rotatable bonds is 7. The Bertz CT molecular complexity index is 689. The molecule has 0 aliphatic rings. The van der Waals surface area contributed by atoms with Crippen LogP contribution in [0.1, 0.15) is 18.4 Å². The van der Waals surface area contributed by atoms with Gasteiger partial charge in [0.05, 0.1) is 0 Å². The Kier molecular flexibility index (Phi) is 6.15. The fraction of sp³-hybridized carbons (Fsp3) is 0.222. The first-order valence-electron chi connectivity index (χ1n) is 7.83. The van der Waals surface area contributed by atoms with E-state index in [2.05, 4.69) is 0 Å². The van der Waals surface area contributed by atoms with E-state index in [1.165, 1.54) is 0 Å². The van der Waals surface area contributed by atoms with Gasteiger partial charge in [-0.05, 0) is 24.3 Å². The van der Waals surface area contributed by atoms with Gasteiger partial charge >= 0.3 is 12.9 Å². The van der Waals surface area contributed by atoms with Gasteiger partial charge in [-0.25, -0.2) is 0 Å². The third kappa shape index (κ3) is 4.96. The predicted molar refractivity (Wildman–Crippen MR) is 95.1 cm³/mol. The van der Waals surface area contributed by atoms with E-state index in [0.717, 1.165) is 16.5 Å². The van der Waals surface area contributed by atoms with Crippen LogP contribution in [0.2, 0.25) is 0 Å². The quantitative estimate of drug-likeness (QED) is 0.713. The minimum Gasteiger partial charge on any atom is -0.525 e. The molecule has 1 atom stereocenters. The average molecular weight is 324 g/mol. The Labute approximate surface area is 142 Å². The molecule has 1 amide bonds. The number of hydrogen-bond acceptors (Lipinski definition) is 4. The maximum Gasteiger partial charge on any atom is 0.429 e. The summed E-state index contributed by atoms with van der Waals surface area (Å²) in [6, 6.07) is 16.4. The number of hydrogen-bond donors (Lipinski definition) is 2. The molecular formula is C18H21BN2O3. The molecule has 2 aromatic rings. The molecule has 0 saturated heterocycles. The summed E-state index contributed by atoms with van der Waals surface area (Å²) in [5, 5.41) is 0. The second-order valence-corrected chi connectivity index (χ2v) is 5.75. The van der Waals surface area contributed by atoms with Gasteiger partial charge in [0.25, 0.3) is 0 Å². The van der Waals surface area contributed by atoms with Gasteiger partial charge in [0.15, 0.2) is 0 Å². The van der Waals surface area contributed by atoms with Crippen LogP contribution in [0, 0.1) is 6.92 Å². The molecule has 0 aromatic heterocycles. The highest BCUT2D eigenvalue weighted by Gasteiger charge is 2.28. The molecule has 4 N–H and O–H groups in total. The van der Waals surface area contributed by atoms with E-state index < -0.39 is 24.8 Å². The van der Waals surface area contributed by atoms with Crippen LogP contribution in [-0.4, -0.2) is 24.8 Å². The number of nitrogens with two attached hydrogens (primary N) is 2. The van der Waals surface area contributed by atoms with Crippen LogP contribution >= 0.6 is 0 Å². The van der Waals surface area contributed by atoms with Crippen molar-refractivity contribution >= 4 is 29.7 Å². The van der Waals surface area contributed by atoms with Crippen molar-refractivity contribution in [3.8, 4) is 0 Å². The van der Waals surface area contributed by atoms with E-state index in [9.17, 15) is 9.59 Å². The maximum atomic E-state index is 12.3. The van der Waals surface area contributed by atoms with Gasteiger partial charge in [-0.3, -0.25) is 9.59 Å². The maximum absolute atomic E-state index is 12.3. The molecule has 0 aliphatic heterocycles. The summed E-state index contributed by atoms with van der Waals surface area (Å²) in [6.07, 6.45) is 0.223. The first-order chi connectivity index (χ1) is 11.5. The largest absolute Gasteiger partial charge is 0.525 e. The van der Waals surface area contributed by atoms with Gasteiger partial charge in [0.1, 0.15) is 6.04 Å². The van der Waals surface area contributed by atoms with E-state index in [0.29, 0.717) is 0 Å². The van der Waals surface area contributed by atoms with Crippen LogP contribution in [0.15, 0.2) is 54.6 Å². The first-order valence-corrected chi connectivity index (χ1v) is 7.83. The van der Waals surface area contributed by atoms with E-state index in [-0.39, 0.29) is 12.8 Å². The molecule has 0 saturated carbocycles. The third-order valence-corrected chi connectivity index (χ3v) is 3.72. The van der Waals surface area contributed by atoms with Crippen LogP contribution in [0.25, 0.3) is 0 Å². The van der Waals surface area contributed by atoms with Crippen LogP contribution in [-0.2, 0) is 14.2 Å². The number of primary amides is 1. The molecule has 24 heavy (non-hydrogen) atoms. The monoisotopic (exact) mass is 324 g/mol. The lowest BCUT2D eigenvalue weighted by Crippen LogP contribution is -2.49. The highest BCUT2D eigenvalue weighted by atomic mass is 16.5. The Morgan fingerprint density at radius 1 is 1.04 bits per heavy atom. The molecule has 2 aromatic carbocycles. The van der Waals surface area contributed by atoms with Crippen LogP contribution in [0.4, 0.5) is 0 Å². The Morgan fingerprint density at radius 2 is 1.62 bits per heavy atom. The molecule has 0 radical (unpaired) electrons. The number of benzene rings is 2. The standard InChI is InChI=1S/C18H21BN2O3/c1-13-7-9-15(10-8-13)19(14-5-3-2-4-6-14)24-18(23)16(20)11-12-17(21)22/h2-10,16H,11-12,20H2,1H3,(H2,21,22). The summed E-state index contributed by atoms with van der Waals surface area (Å²) in [4.78, 5) is 23.1. The first kappa shape index (κ1) is 17.8. The van der Waals surface area contributed by atoms with Crippen LogP contribution in [0.3, 0.4) is 0 Å². The minimum absolute atomic E-state index is 0.0524. The van der Waals surface area contributed by atoms with Gasteiger partial charge in [0, 0.05) is 6.42 Å². The normalized spacial score (nSPS) is 11.6. The minimum atomic E-state index is -0.880. The summed E-state index contributed by atoms with van der Waals surface area (Å²) in [7, 11) is 0. The van der Waals surface area contributed by atoms with E-state index in [4.69, 9.17) is 16.1 Å². The molecule has 0 heterocycles. The number of carbonyl (C=O) groups excluding carboxylic acids is 2. The molecule has 2 rings (SSSR count). The molecule has 6 heteroatoms. The predicted octanol–water partition coefficient (Wildman–Crippen LogP) is 0.237. The van der Waals surface area contributed by atoms with Gasteiger partial charge < -0.3 is 16.1 Å². The smallest absolute Gasteiger partial charge is 0.429 e. The van der Waals surface area contributed by atoms with Gasteiger partial charge in [-0.2, -0.15) is 0 Å². The molecule has 124 valence electrons. The van der Waals surface area contributed by atoms with Gasteiger partial charge in [-0.1, -0.05) is 60.2 Å². The Balaban J connectivity index is 2.19. The lowest BCUT2D eigenvalue weighted by molar-refractivity contribution is -0.136. The zero-order valence-electron chi connectivity index (χ0n) is 13.6. The van der Waals surface area contributed by atoms with E-state index in [1.807, 2.05) is 61.5 Å². The summed E-state index contributed by atoms with van der Waals surface area (Å²) < 4.78 is 5.64. The molecule has 0 spiro atoms. The zero-order valence-corrected chi connectivity index (χ0v) is 13.6. The summed E-state index contributed by atoms with van der Waals surface area (Å²) >= 11 is 0. The summed E-state index contributed by atoms with van der Waals surface area (Å²) in [6.45, 7) is 1.45. The van der Waals surface area contributed by atoms with Crippen molar-refractivity contribution in [2.45, 2.75) is 25.8 Å². The van der Waals surface area contributed by atoms with Crippen molar-refractivity contribution in [3.63, 3.8) is 0 Å². The lowest BCUT2D eigenvalue weighted by Gasteiger charge is -2.18. The lowest BCUT2D eigenvalue weighted by atomic mass is 9.55. The molecule has 0 aliphatic carbocycles. The van der Waals surface area contributed by atoms with Gasteiger partial charge in [-0.15, -0.1) is 0 Å². The highest BCUT2D eigenvalue weighted by molar-refractivity contribution is 6.81. The zero-order chi connectivity index (χ0) is 17.5. The fourth-order valence-corrected chi connectivity index (χ4v) is 2.32. The summed E-state index contributed by atoms with van der Waals surface area (Å²) in [5.74, 6) is -1.04. The van der Waals surface area contributed by atoms with Crippen molar-refractivity contribution in [1.82, 2.24) is 0 Å². The molecule has 5 nitrogen and oxygen atoms in total. The summed E-state index contributed by atoms with van der Waals surface area (Å²) in [5.41, 5.74) is 13.7. The van der Waals surface area contributed by atoms with Crippen molar-refractivity contribution < 1.29 is 14.2 Å². The highest BCUT2D eigenvalue weighted by Crippen LogP contribution is 2.02. The number of amides is 1. The Morgan fingerprint density at radius 3 is 2.21 bits per heavy atom. The second kappa shape index (κ2) is 8.31. The second-order valence-electron chi connectivity index (χ2n) is 5.75. The SMILES string of the molecule is Cc1ccc(B(OC(=O)C(N)CCC(N)=O)c2ccccc2)cc1. The number of aryl methyl sites for hydroxylation is 1. The van der Waals surface area contributed by atoms with E-state index >= 15 is 0 Å². The molecule has 0 bridgehead atoms. The topological polar surface area (TPSA) is 95.4 Å². The Hall–Kier alpha value is -2.60. The van der Waals surface area contributed by atoms with Crippen LogP contribution in [0.5, 0.6) is 0 Å². The van der Waals surface area contributed by atoms with E-state index in [1.54, 1.807) is 0 Å². The average Bonchev–Trinajstić information content (AvgIpc) is 2.59. The van der Waals surface area contributed by atoms with Crippen LogP contribution < -0.4 is 22.4 Å². The molecule has 1 unspecified atom stereocenters. The fourth-order valence-electron chi connectivity index (χ4n) is 2.32. The van der Waals surface area contributed by atoms with Crippen molar-refractivity contribution in [1.29, 1.82) is 0 Å². The third-order valence-electron chi connectivity index (χ3n) is 3.72. The van der Waals surface area contributed by atoms with Crippen molar-refractivity contribution in [3.05, 3.63) is 60.2 Å². The van der Waals surface area contributed by atoms with Gasteiger partial charge in [0.2, 0.25) is 5.91 Å². The van der Waals surface area contributed by atoms with Crippen molar-refractivity contribution in [2.75, 3.05) is 0 Å². The number of carbonyl (C=O) groups is 2. The molecular weight excluding hydrogens is 303 g/mol. The van der Waals surface area contributed by atoms with Crippen molar-refractivity contribution in [2.24, 2.45) is 11.5 Å². The molecule has 0 fully saturated rings.